The molecular formula is C13H16ClF3N2. The minimum Gasteiger partial charge on any atom is -0.368 e. The van der Waals surface area contributed by atoms with E-state index in [9.17, 15) is 13.2 Å². The lowest BCUT2D eigenvalue weighted by Gasteiger charge is -2.35. The molecule has 2 rings (SSSR count). The van der Waals surface area contributed by atoms with Gasteiger partial charge in [-0.25, -0.2) is 0 Å². The van der Waals surface area contributed by atoms with E-state index < -0.39 is 11.7 Å². The third kappa shape index (κ3) is 3.15. The van der Waals surface area contributed by atoms with Gasteiger partial charge in [0.1, 0.15) is 0 Å². The number of nitrogens with zero attached hydrogens (tertiary/aromatic N) is 2. The highest BCUT2D eigenvalue weighted by Gasteiger charge is 2.35. The van der Waals surface area contributed by atoms with Crippen LogP contribution in [0.4, 0.5) is 18.9 Å². The van der Waals surface area contributed by atoms with Gasteiger partial charge in [-0.3, -0.25) is 0 Å². The van der Waals surface area contributed by atoms with Crippen LogP contribution in [-0.4, -0.2) is 38.1 Å². The maximum atomic E-state index is 12.9. The summed E-state index contributed by atoms with van der Waals surface area (Å²) in [5.74, 6) is 0. The van der Waals surface area contributed by atoms with Crippen LogP contribution >= 0.6 is 11.6 Å². The molecule has 1 fully saturated rings. The zero-order valence-corrected chi connectivity index (χ0v) is 11.6. The summed E-state index contributed by atoms with van der Waals surface area (Å²) in [4.78, 5) is 4.06. The summed E-state index contributed by atoms with van der Waals surface area (Å²) in [6, 6.07) is 2.82. The molecule has 0 saturated carbocycles. The molecule has 0 N–H and O–H groups in total. The summed E-state index contributed by atoms with van der Waals surface area (Å²) >= 11 is 5.96. The van der Waals surface area contributed by atoms with Crippen LogP contribution in [0.25, 0.3) is 0 Å². The Morgan fingerprint density at radius 3 is 2.21 bits per heavy atom. The van der Waals surface area contributed by atoms with E-state index in [-0.39, 0.29) is 5.02 Å². The first-order valence-electron chi connectivity index (χ1n) is 6.10. The minimum absolute atomic E-state index is 0.192. The van der Waals surface area contributed by atoms with Gasteiger partial charge in [0.2, 0.25) is 0 Å². The van der Waals surface area contributed by atoms with Gasteiger partial charge in [0.15, 0.2) is 0 Å². The van der Waals surface area contributed by atoms with Crippen molar-refractivity contribution in [2.24, 2.45) is 0 Å². The van der Waals surface area contributed by atoms with Crippen LogP contribution in [-0.2, 0) is 6.18 Å². The molecule has 0 atom stereocenters. The number of rotatable bonds is 1. The summed E-state index contributed by atoms with van der Waals surface area (Å²) in [6.45, 7) is 4.69. The summed E-state index contributed by atoms with van der Waals surface area (Å²) in [7, 11) is 2.00. The van der Waals surface area contributed by atoms with Crippen LogP contribution in [0.1, 0.15) is 11.1 Å². The number of hydrogen-bond acceptors (Lipinski definition) is 2. The average Bonchev–Trinajstić information content (AvgIpc) is 2.31. The van der Waals surface area contributed by atoms with Crippen molar-refractivity contribution >= 4 is 17.3 Å². The van der Waals surface area contributed by atoms with Gasteiger partial charge in [0.25, 0.3) is 0 Å². The monoisotopic (exact) mass is 292 g/mol. The molecule has 0 amide bonds. The van der Waals surface area contributed by atoms with Crippen LogP contribution in [0, 0.1) is 6.92 Å². The van der Waals surface area contributed by atoms with Crippen LogP contribution < -0.4 is 4.90 Å². The van der Waals surface area contributed by atoms with Crippen molar-refractivity contribution in [3.05, 3.63) is 28.3 Å². The normalized spacial score (nSPS) is 17.9. The molecule has 19 heavy (non-hydrogen) atoms. The number of anilines is 1. The number of piperazine rings is 1. The Hall–Kier alpha value is -0.940. The van der Waals surface area contributed by atoms with E-state index in [0.29, 0.717) is 24.3 Å². The molecule has 6 heteroatoms. The Balaban J connectivity index is 2.38. The molecule has 0 radical (unpaired) electrons. The Morgan fingerprint density at radius 1 is 1.11 bits per heavy atom. The smallest absolute Gasteiger partial charge is 0.368 e. The highest BCUT2D eigenvalue weighted by Crippen LogP contribution is 2.40. The maximum Gasteiger partial charge on any atom is 0.417 e. The van der Waals surface area contributed by atoms with Gasteiger partial charge >= 0.3 is 6.18 Å². The third-order valence-electron chi connectivity index (χ3n) is 3.35. The molecule has 0 spiro atoms. The quantitative estimate of drug-likeness (QED) is 0.782. The molecule has 106 valence electrons. The molecule has 0 aromatic heterocycles. The fourth-order valence-electron chi connectivity index (χ4n) is 2.23. The molecule has 1 aromatic carbocycles. The molecule has 1 aliphatic rings. The first kappa shape index (κ1) is 14.5. The van der Waals surface area contributed by atoms with E-state index in [0.717, 1.165) is 19.2 Å². The molecule has 0 aliphatic carbocycles. The van der Waals surface area contributed by atoms with Crippen molar-refractivity contribution in [2.45, 2.75) is 13.1 Å². The van der Waals surface area contributed by atoms with Crippen molar-refractivity contribution in [3.63, 3.8) is 0 Å². The Labute approximate surface area is 115 Å². The second-order valence-electron chi connectivity index (χ2n) is 4.93. The number of aryl methyl sites for hydroxylation is 1. The van der Waals surface area contributed by atoms with Gasteiger partial charge in [-0.1, -0.05) is 11.6 Å². The molecule has 0 bridgehead atoms. The zero-order valence-electron chi connectivity index (χ0n) is 10.9. The lowest BCUT2D eigenvalue weighted by atomic mass is 10.1. The van der Waals surface area contributed by atoms with Crippen LogP contribution in [0.2, 0.25) is 5.02 Å². The summed E-state index contributed by atoms with van der Waals surface area (Å²) in [6.07, 6.45) is -4.41. The number of likely N-dealkylation sites (N-methyl/N-ethyl adjacent to an activating group) is 1. The lowest BCUT2D eigenvalue weighted by Crippen LogP contribution is -2.44. The fourth-order valence-corrected chi connectivity index (χ4v) is 2.57. The van der Waals surface area contributed by atoms with Crippen molar-refractivity contribution in [1.82, 2.24) is 4.90 Å². The molecule has 1 aromatic rings. The van der Waals surface area contributed by atoms with Gasteiger partial charge in [-0.2, -0.15) is 13.2 Å². The highest BCUT2D eigenvalue weighted by molar-refractivity contribution is 6.34. The van der Waals surface area contributed by atoms with Gasteiger partial charge in [0, 0.05) is 26.2 Å². The predicted octanol–water partition coefficient (Wildman–Crippen LogP) is 3.42. The van der Waals surface area contributed by atoms with Crippen LogP contribution in [0.15, 0.2) is 12.1 Å². The molecule has 1 heterocycles. The van der Waals surface area contributed by atoms with Crippen molar-refractivity contribution in [2.75, 3.05) is 38.1 Å². The fraction of sp³-hybridized carbons (Fsp3) is 0.538. The van der Waals surface area contributed by atoms with Crippen LogP contribution in [0.5, 0.6) is 0 Å². The molecule has 1 saturated heterocycles. The van der Waals surface area contributed by atoms with E-state index in [1.165, 1.54) is 0 Å². The first-order valence-corrected chi connectivity index (χ1v) is 6.47. The number of benzene rings is 1. The maximum absolute atomic E-state index is 12.9. The van der Waals surface area contributed by atoms with Gasteiger partial charge in [-0.15, -0.1) is 0 Å². The van der Waals surface area contributed by atoms with Crippen LogP contribution in [0.3, 0.4) is 0 Å². The third-order valence-corrected chi connectivity index (χ3v) is 3.74. The predicted molar refractivity (Wildman–Crippen MR) is 70.9 cm³/mol. The summed E-state index contributed by atoms with van der Waals surface area (Å²) in [5.41, 5.74) is 0.316. The van der Waals surface area contributed by atoms with Crippen molar-refractivity contribution in [3.8, 4) is 0 Å². The second kappa shape index (κ2) is 5.21. The zero-order chi connectivity index (χ0) is 14.2. The molecule has 1 aliphatic heterocycles. The Kier molecular flexibility index (Phi) is 3.97. The van der Waals surface area contributed by atoms with E-state index in [2.05, 4.69) is 4.90 Å². The van der Waals surface area contributed by atoms with E-state index in [1.54, 1.807) is 13.0 Å². The van der Waals surface area contributed by atoms with Crippen molar-refractivity contribution in [1.29, 1.82) is 0 Å². The minimum atomic E-state index is -4.41. The SMILES string of the molecule is Cc1cc(N2CCN(C)CC2)c(Cl)c(C(F)(F)F)c1. The summed E-state index contributed by atoms with van der Waals surface area (Å²) < 4.78 is 38.8. The molecule has 2 nitrogen and oxygen atoms in total. The van der Waals surface area contributed by atoms with E-state index in [4.69, 9.17) is 11.6 Å². The van der Waals surface area contributed by atoms with Gasteiger partial charge < -0.3 is 9.80 Å². The summed E-state index contributed by atoms with van der Waals surface area (Å²) in [5, 5.41) is -0.192. The Bertz CT molecular complexity index is 466. The number of halogens is 4. The van der Waals surface area contributed by atoms with Gasteiger partial charge in [-0.05, 0) is 31.7 Å². The number of alkyl halides is 3. The van der Waals surface area contributed by atoms with E-state index in [1.807, 2.05) is 11.9 Å². The highest BCUT2D eigenvalue weighted by atomic mass is 35.5. The largest absolute Gasteiger partial charge is 0.417 e. The second-order valence-corrected chi connectivity index (χ2v) is 5.31. The topological polar surface area (TPSA) is 6.48 Å². The van der Waals surface area contributed by atoms with Gasteiger partial charge in [0.05, 0.1) is 16.3 Å². The van der Waals surface area contributed by atoms with Crippen molar-refractivity contribution < 1.29 is 13.2 Å². The average molecular weight is 293 g/mol. The Morgan fingerprint density at radius 2 is 1.68 bits per heavy atom. The number of hydrogen-bond donors (Lipinski definition) is 0. The first-order chi connectivity index (χ1) is 8.79. The molecule has 0 unspecified atom stereocenters. The molecular weight excluding hydrogens is 277 g/mol. The lowest BCUT2D eigenvalue weighted by molar-refractivity contribution is -0.137. The van der Waals surface area contributed by atoms with E-state index >= 15 is 0 Å². The standard InChI is InChI=1S/C13H16ClF3N2/c1-9-7-10(13(15,16)17)12(14)11(8-9)19-5-3-18(2)4-6-19/h7-8H,3-6H2,1-2H3.